The highest BCUT2D eigenvalue weighted by molar-refractivity contribution is 5.93. The van der Waals surface area contributed by atoms with E-state index in [9.17, 15) is 9.59 Å². The lowest BCUT2D eigenvalue weighted by molar-refractivity contribution is -0.136. The van der Waals surface area contributed by atoms with E-state index in [0.29, 0.717) is 5.57 Å². The van der Waals surface area contributed by atoms with Gasteiger partial charge in [-0.3, -0.25) is 4.79 Å². The Morgan fingerprint density at radius 3 is 1.92 bits per heavy atom. The molecule has 13 heavy (non-hydrogen) atoms. The fourth-order valence-electron chi connectivity index (χ4n) is 0.962. The molecule has 0 heterocycles. The average molecular weight is 184 g/mol. The quantitative estimate of drug-likeness (QED) is 0.512. The molecular weight excluding hydrogens is 172 g/mol. The third-order valence-electron chi connectivity index (χ3n) is 1.56. The van der Waals surface area contributed by atoms with Gasteiger partial charge in [0.25, 0.3) is 0 Å². The summed E-state index contributed by atoms with van der Waals surface area (Å²) in [6.45, 7) is 3.18. The monoisotopic (exact) mass is 184 g/mol. The van der Waals surface area contributed by atoms with Crippen molar-refractivity contribution in [1.29, 1.82) is 0 Å². The first-order valence-corrected chi connectivity index (χ1v) is 3.79. The van der Waals surface area contributed by atoms with Gasteiger partial charge in [-0.1, -0.05) is 12.2 Å². The van der Waals surface area contributed by atoms with E-state index in [1.54, 1.807) is 13.8 Å². The molecule has 0 atom stereocenters. The summed E-state index contributed by atoms with van der Waals surface area (Å²) >= 11 is 0. The number of carboxylic acid groups (broad SMARTS) is 2. The fraction of sp³-hybridized carbons (Fsp3) is 0.333. The Labute approximate surface area is 76.2 Å². The molecule has 0 aliphatic rings. The number of hydrogen-bond acceptors (Lipinski definition) is 2. The van der Waals surface area contributed by atoms with E-state index < -0.39 is 11.9 Å². The van der Waals surface area contributed by atoms with Crippen LogP contribution in [0.15, 0.2) is 23.3 Å². The predicted octanol–water partition coefficient (Wildman–Crippen LogP) is 1.44. The summed E-state index contributed by atoms with van der Waals surface area (Å²) < 4.78 is 0. The van der Waals surface area contributed by atoms with E-state index in [0.717, 1.165) is 0 Å². The first kappa shape index (κ1) is 11.4. The lowest BCUT2D eigenvalue weighted by Crippen LogP contribution is -2.07. The lowest BCUT2D eigenvalue weighted by Gasteiger charge is -2.03. The third-order valence-corrected chi connectivity index (χ3v) is 1.56. The lowest BCUT2D eigenvalue weighted by atomic mass is 10.0. The van der Waals surface area contributed by atoms with Gasteiger partial charge in [-0.15, -0.1) is 0 Å². The smallest absolute Gasteiger partial charge is 0.335 e. The second-order valence-corrected chi connectivity index (χ2v) is 2.39. The maximum atomic E-state index is 10.6. The fourth-order valence-corrected chi connectivity index (χ4v) is 0.962. The van der Waals surface area contributed by atoms with E-state index in [2.05, 4.69) is 0 Å². The Morgan fingerprint density at radius 2 is 1.69 bits per heavy atom. The number of rotatable bonds is 4. The van der Waals surface area contributed by atoms with Crippen molar-refractivity contribution in [1.82, 2.24) is 0 Å². The highest BCUT2D eigenvalue weighted by Crippen LogP contribution is 2.14. The van der Waals surface area contributed by atoms with Gasteiger partial charge in [0.2, 0.25) is 0 Å². The second-order valence-electron chi connectivity index (χ2n) is 2.39. The molecule has 0 saturated heterocycles. The molecule has 0 aromatic carbocycles. The van der Waals surface area contributed by atoms with E-state index in [1.165, 1.54) is 12.2 Å². The van der Waals surface area contributed by atoms with E-state index in [-0.39, 0.29) is 12.0 Å². The Kier molecular flexibility index (Phi) is 4.51. The Morgan fingerprint density at radius 1 is 1.15 bits per heavy atom. The van der Waals surface area contributed by atoms with E-state index in [1.807, 2.05) is 0 Å². The van der Waals surface area contributed by atoms with Crippen LogP contribution in [0.25, 0.3) is 0 Å². The molecule has 0 saturated carbocycles. The summed E-state index contributed by atoms with van der Waals surface area (Å²) in [5, 5.41) is 17.2. The van der Waals surface area contributed by atoms with Crippen LogP contribution >= 0.6 is 0 Å². The van der Waals surface area contributed by atoms with E-state index >= 15 is 0 Å². The van der Waals surface area contributed by atoms with Crippen molar-refractivity contribution in [3.8, 4) is 0 Å². The zero-order valence-corrected chi connectivity index (χ0v) is 7.57. The van der Waals surface area contributed by atoms with Crippen molar-refractivity contribution in [3.05, 3.63) is 23.3 Å². The minimum Gasteiger partial charge on any atom is -0.481 e. The molecule has 2 N–H and O–H groups in total. The van der Waals surface area contributed by atoms with Crippen LogP contribution in [0.2, 0.25) is 0 Å². The number of allylic oxidation sites excluding steroid dienone is 2. The maximum absolute atomic E-state index is 10.6. The highest BCUT2D eigenvalue weighted by atomic mass is 16.4. The average Bonchev–Trinajstić information content (AvgIpc) is 2.02. The largest absolute Gasteiger partial charge is 0.481 e. The topological polar surface area (TPSA) is 74.6 Å². The van der Waals surface area contributed by atoms with Crippen molar-refractivity contribution in [2.24, 2.45) is 0 Å². The summed E-state index contributed by atoms with van der Waals surface area (Å²) in [5.74, 6) is -2.13. The predicted molar refractivity (Wildman–Crippen MR) is 47.4 cm³/mol. The van der Waals surface area contributed by atoms with Crippen LogP contribution < -0.4 is 0 Å². The number of hydrogen-bond donors (Lipinski definition) is 2. The standard InChI is InChI=1S/C9H12O4/c1-3-6(5-8(10)11)7(4-2)9(12)13/h3-4H,5H2,1-2H3,(H,10,11)(H,12,13)/b6-3-,7-4+. The first-order valence-electron chi connectivity index (χ1n) is 3.79. The van der Waals surface area contributed by atoms with Gasteiger partial charge >= 0.3 is 11.9 Å². The second kappa shape index (κ2) is 5.13. The van der Waals surface area contributed by atoms with Crippen LogP contribution in [0.3, 0.4) is 0 Å². The van der Waals surface area contributed by atoms with Gasteiger partial charge in [0.15, 0.2) is 0 Å². The molecule has 0 aromatic heterocycles. The van der Waals surface area contributed by atoms with Crippen LogP contribution in [0, 0.1) is 0 Å². The summed E-state index contributed by atoms with van der Waals surface area (Å²) in [5.41, 5.74) is 0.368. The molecule has 0 bridgehead atoms. The van der Waals surface area contributed by atoms with Gasteiger partial charge in [0.1, 0.15) is 0 Å². The molecule has 0 aliphatic carbocycles. The van der Waals surface area contributed by atoms with Gasteiger partial charge in [0, 0.05) is 0 Å². The van der Waals surface area contributed by atoms with Gasteiger partial charge < -0.3 is 10.2 Å². The summed E-state index contributed by atoms with van der Waals surface area (Å²) in [6.07, 6.45) is 2.63. The van der Waals surface area contributed by atoms with Crippen molar-refractivity contribution in [3.63, 3.8) is 0 Å². The highest BCUT2D eigenvalue weighted by Gasteiger charge is 2.13. The molecule has 0 amide bonds. The normalized spacial score (nSPS) is 12.8. The molecule has 0 radical (unpaired) electrons. The van der Waals surface area contributed by atoms with Gasteiger partial charge in [-0.25, -0.2) is 4.79 Å². The van der Waals surface area contributed by atoms with Crippen LogP contribution in [0.5, 0.6) is 0 Å². The maximum Gasteiger partial charge on any atom is 0.335 e. The van der Waals surface area contributed by atoms with Gasteiger partial charge in [-0.2, -0.15) is 0 Å². The molecule has 0 rings (SSSR count). The summed E-state index contributed by atoms with van der Waals surface area (Å²) in [4.78, 5) is 21.0. The number of carbonyl (C=O) groups is 2. The van der Waals surface area contributed by atoms with Crippen LogP contribution in [0.1, 0.15) is 20.3 Å². The van der Waals surface area contributed by atoms with Crippen LogP contribution in [0.4, 0.5) is 0 Å². The SMILES string of the molecule is C/C=C(CC(=O)O)\C(=C/C)C(=O)O. The van der Waals surface area contributed by atoms with Crippen molar-refractivity contribution in [2.45, 2.75) is 20.3 Å². The Bertz CT molecular complexity index is 273. The van der Waals surface area contributed by atoms with Gasteiger partial charge in [-0.05, 0) is 19.4 Å². The van der Waals surface area contributed by atoms with Gasteiger partial charge in [0.05, 0.1) is 12.0 Å². The molecule has 4 nitrogen and oxygen atoms in total. The molecule has 0 fully saturated rings. The molecule has 0 aromatic rings. The molecule has 0 aliphatic heterocycles. The number of aliphatic carboxylic acids is 2. The minimum absolute atomic E-state index is 0.0462. The van der Waals surface area contributed by atoms with Crippen molar-refractivity contribution >= 4 is 11.9 Å². The van der Waals surface area contributed by atoms with E-state index in [4.69, 9.17) is 10.2 Å². The minimum atomic E-state index is -1.10. The Hall–Kier alpha value is -1.58. The Balaban J connectivity index is 4.78. The first-order chi connectivity index (χ1) is 6.02. The molecule has 0 unspecified atom stereocenters. The van der Waals surface area contributed by atoms with Crippen molar-refractivity contribution < 1.29 is 19.8 Å². The summed E-state index contributed by atoms with van der Waals surface area (Å²) in [7, 11) is 0. The van der Waals surface area contributed by atoms with Crippen molar-refractivity contribution in [2.75, 3.05) is 0 Å². The summed E-state index contributed by atoms with van der Waals surface area (Å²) in [6, 6.07) is 0. The van der Waals surface area contributed by atoms with Crippen LogP contribution in [-0.4, -0.2) is 22.2 Å². The molecule has 72 valence electrons. The van der Waals surface area contributed by atoms with Crippen LogP contribution in [-0.2, 0) is 9.59 Å². The molecular formula is C9H12O4. The zero-order chi connectivity index (χ0) is 10.4. The number of carboxylic acids is 2. The third kappa shape index (κ3) is 3.55. The zero-order valence-electron chi connectivity index (χ0n) is 7.57. The molecule has 4 heteroatoms. The molecule has 0 spiro atoms.